The zero-order valence-electron chi connectivity index (χ0n) is 15.9. The summed E-state index contributed by atoms with van der Waals surface area (Å²) in [5.41, 5.74) is 6.39. The Balaban J connectivity index is 2.07. The summed E-state index contributed by atoms with van der Waals surface area (Å²) in [5, 5.41) is 19.7. The predicted molar refractivity (Wildman–Crippen MR) is 105 cm³/mol. The van der Waals surface area contributed by atoms with Crippen LogP contribution in [0.15, 0.2) is 24.3 Å². The molecule has 1 aliphatic heterocycles. The highest BCUT2D eigenvalue weighted by molar-refractivity contribution is 6.33. The van der Waals surface area contributed by atoms with E-state index in [1.54, 1.807) is 11.0 Å². The van der Waals surface area contributed by atoms with E-state index in [1.807, 2.05) is 36.9 Å². The summed E-state index contributed by atoms with van der Waals surface area (Å²) in [4.78, 5) is 27.3. The number of hydrogen-bond acceptors (Lipinski definition) is 5. The van der Waals surface area contributed by atoms with Gasteiger partial charge in [0.15, 0.2) is 0 Å². The number of aliphatic hydroxyl groups is 1. The normalized spacial score (nSPS) is 21.0. The van der Waals surface area contributed by atoms with Gasteiger partial charge in [-0.3, -0.25) is 14.5 Å². The number of aliphatic carboxylic acids is 1. The van der Waals surface area contributed by atoms with E-state index in [2.05, 4.69) is 0 Å². The van der Waals surface area contributed by atoms with Gasteiger partial charge in [-0.2, -0.15) is 0 Å². The number of aliphatic hydroxyl groups excluding tert-OH is 1. The van der Waals surface area contributed by atoms with Crippen molar-refractivity contribution in [2.24, 2.45) is 11.7 Å². The van der Waals surface area contributed by atoms with Gasteiger partial charge < -0.3 is 20.8 Å². The van der Waals surface area contributed by atoms with Crippen LogP contribution in [0.2, 0.25) is 5.02 Å². The average Bonchev–Trinajstić information content (AvgIpc) is 2.58. The van der Waals surface area contributed by atoms with Gasteiger partial charge in [0.2, 0.25) is 5.91 Å². The van der Waals surface area contributed by atoms with Gasteiger partial charge in [0.25, 0.3) is 0 Å². The van der Waals surface area contributed by atoms with E-state index in [4.69, 9.17) is 22.4 Å². The molecule has 0 saturated carbocycles. The smallest absolute Gasteiger partial charge is 0.306 e. The summed E-state index contributed by atoms with van der Waals surface area (Å²) in [6.07, 6.45) is -0.881. The Kier molecular flexibility index (Phi) is 6.86. The highest BCUT2D eigenvalue weighted by Crippen LogP contribution is 2.31. The van der Waals surface area contributed by atoms with Gasteiger partial charge in [0.1, 0.15) is 0 Å². The molecule has 0 bridgehead atoms. The number of carboxylic acid groups (broad SMARTS) is 1. The second kappa shape index (κ2) is 8.56. The molecule has 0 spiro atoms. The zero-order valence-corrected chi connectivity index (χ0v) is 16.7. The van der Waals surface area contributed by atoms with Crippen molar-refractivity contribution in [3.05, 3.63) is 29.3 Å². The number of hydrogen-bond donors (Lipinski definition) is 3. The molecule has 2 rings (SSSR count). The molecular weight excluding hydrogens is 370 g/mol. The lowest BCUT2D eigenvalue weighted by atomic mass is 9.94. The second-order valence-electron chi connectivity index (χ2n) is 7.83. The summed E-state index contributed by atoms with van der Waals surface area (Å²) in [5.74, 6) is -1.74. The molecule has 7 nitrogen and oxygen atoms in total. The van der Waals surface area contributed by atoms with Crippen LogP contribution in [-0.2, 0) is 9.59 Å². The fraction of sp³-hybridized carbons (Fsp3) is 0.579. The highest BCUT2D eigenvalue weighted by Gasteiger charge is 2.40. The molecule has 1 aromatic rings. The topological polar surface area (TPSA) is 107 Å². The fourth-order valence-corrected chi connectivity index (χ4v) is 3.49. The number of nitrogens with zero attached hydrogens (tertiary/aromatic N) is 2. The van der Waals surface area contributed by atoms with Gasteiger partial charge in [-0.1, -0.05) is 30.7 Å². The van der Waals surface area contributed by atoms with Gasteiger partial charge >= 0.3 is 5.97 Å². The van der Waals surface area contributed by atoms with Crippen molar-refractivity contribution in [3.8, 4) is 0 Å². The monoisotopic (exact) mass is 397 g/mol. The number of rotatable bonds is 7. The van der Waals surface area contributed by atoms with Crippen molar-refractivity contribution in [3.63, 3.8) is 0 Å². The third kappa shape index (κ3) is 5.19. The van der Waals surface area contributed by atoms with Crippen LogP contribution in [0, 0.1) is 5.92 Å². The third-order valence-electron chi connectivity index (χ3n) is 5.11. The van der Waals surface area contributed by atoms with Crippen molar-refractivity contribution in [1.82, 2.24) is 4.90 Å². The van der Waals surface area contributed by atoms with E-state index < -0.39 is 24.0 Å². The van der Waals surface area contributed by atoms with E-state index in [0.29, 0.717) is 23.8 Å². The maximum Gasteiger partial charge on any atom is 0.306 e. The Bertz CT molecular complexity index is 697. The second-order valence-corrected chi connectivity index (χ2v) is 8.24. The van der Waals surface area contributed by atoms with Crippen molar-refractivity contribution < 1.29 is 19.8 Å². The van der Waals surface area contributed by atoms with Gasteiger partial charge in [-0.25, -0.2) is 0 Å². The van der Waals surface area contributed by atoms with Gasteiger partial charge in [-0.05, 0) is 32.4 Å². The number of amides is 1. The summed E-state index contributed by atoms with van der Waals surface area (Å²) in [7, 11) is 0. The Morgan fingerprint density at radius 3 is 2.59 bits per heavy atom. The summed E-state index contributed by atoms with van der Waals surface area (Å²) < 4.78 is 0. The largest absolute Gasteiger partial charge is 0.481 e. The lowest BCUT2D eigenvalue weighted by molar-refractivity contribution is -0.142. The van der Waals surface area contributed by atoms with Crippen molar-refractivity contribution in [2.75, 3.05) is 24.5 Å². The van der Waals surface area contributed by atoms with Gasteiger partial charge in [-0.15, -0.1) is 0 Å². The van der Waals surface area contributed by atoms with E-state index in [0.717, 1.165) is 0 Å². The molecule has 150 valence electrons. The third-order valence-corrected chi connectivity index (χ3v) is 5.43. The first kappa shape index (κ1) is 21.6. The molecule has 0 aliphatic carbocycles. The highest BCUT2D eigenvalue weighted by atomic mass is 35.5. The zero-order chi connectivity index (χ0) is 20.4. The first-order valence-electron chi connectivity index (χ1n) is 8.99. The molecule has 3 unspecified atom stereocenters. The summed E-state index contributed by atoms with van der Waals surface area (Å²) >= 11 is 6.24. The Hall–Kier alpha value is -1.67. The Morgan fingerprint density at radius 1 is 1.37 bits per heavy atom. The molecule has 0 aromatic heterocycles. The molecule has 4 N–H and O–H groups in total. The van der Waals surface area contributed by atoms with Crippen LogP contribution < -0.4 is 10.6 Å². The minimum Gasteiger partial charge on any atom is -0.481 e. The SMILES string of the molecule is CC(CC(O)C(N)CN1CC(=O)N(c2ccccc2Cl)CC1(C)C)C(=O)O. The van der Waals surface area contributed by atoms with Crippen LogP contribution in [0.5, 0.6) is 0 Å². The maximum atomic E-state index is 12.7. The lowest BCUT2D eigenvalue weighted by Crippen LogP contribution is -2.64. The van der Waals surface area contributed by atoms with Crippen LogP contribution >= 0.6 is 11.6 Å². The molecule has 1 aliphatic rings. The number of para-hydroxylation sites is 1. The van der Waals surface area contributed by atoms with E-state index >= 15 is 0 Å². The number of carboxylic acids is 1. The summed E-state index contributed by atoms with van der Waals surface area (Å²) in [6, 6.07) is 6.57. The van der Waals surface area contributed by atoms with E-state index in [9.17, 15) is 14.7 Å². The number of carbonyl (C=O) groups is 2. The predicted octanol–water partition coefficient (Wildman–Crippen LogP) is 1.57. The van der Waals surface area contributed by atoms with Crippen LogP contribution in [0.3, 0.4) is 0 Å². The van der Waals surface area contributed by atoms with Crippen molar-refractivity contribution >= 4 is 29.2 Å². The summed E-state index contributed by atoms with van der Waals surface area (Å²) in [6.45, 7) is 6.41. The fourth-order valence-electron chi connectivity index (χ4n) is 3.25. The lowest BCUT2D eigenvalue weighted by Gasteiger charge is -2.47. The molecule has 1 saturated heterocycles. The quantitative estimate of drug-likeness (QED) is 0.644. The first-order chi connectivity index (χ1) is 12.5. The molecule has 3 atom stereocenters. The molecule has 1 fully saturated rings. The van der Waals surface area contributed by atoms with Crippen molar-refractivity contribution in [1.29, 1.82) is 0 Å². The van der Waals surface area contributed by atoms with Gasteiger partial charge in [0, 0.05) is 24.7 Å². The van der Waals surface area contributed by atoms with Gasteiger partial charge in [0.05, 0.1) is 29.3 Å². The molecule has 8 heteroatoms. The first-order valence-corrected chi connectivity index (χ1v) is 9.37. The Labute approximate surface area is 164 Å². The standard InChI is InChI=1S/C19H28ClN3O4/c1-12(18(26)27)8-16(24)14(21)9-22-10-17(25)23(11-19(22,2)3)15-7-5-4-6-13(15)20/h4-7,12,14,16,24H,8-11,21H2,1-3H3,(H,26,27). The number of halogens is 1. The number of nitrogens with two attached hydrogens (primary N) is 1. The number of carbonyl (C=O) groups excluding carboxylic acids is 1. The van der Waals surface area contributed by atoms with Crippen LogP contribution in [0.4, 0.5) is 5.69 Å². The van der Waals surface area contributed by atoms with Crippen LogP contribution in [0.25, 0.3) is 0 Å². The maximum absolute atomic E-state index is 12.7. The van der Waals surface area contributed by atoms with Crippen molar-refractivity contribution in [2.45, 2.75) is 44.9 Å². The van der Waals surface area contributed by atoms with Crippen LogP contribution in [0.1, 0.15) is 27.2 Å². The minimum atomic E-state index is -0.967. The molecular formula is C19H28ClN3O4. The van der Waals surface area contributed by atoms with Crippen LogP contribution in [-0.4, -0.2) is 64.3 Å². The number of piperazine rings is 1. The molecule has 1 aromatic carbocycles. The minimum absolute atomic E-state index is 0.0739. The average molecular weight is 398 g/mol. The molecule has 0 radical (unpaired) electrons. The number of benzene rings is 1. The molecule has 1 amide bonds. The molecule has 1 heterocycles. The Morgan fingerprint density at radius 2 is 2.00 bits per heavy atom. The van der Waals surface area contributed by atoms with E-state index in [1.165, 1.54) is 6.92 Å². The van der Waals surface area contributed by atoms with E-state index in [-0.39, 0.29) is 24.4 Å². The number of anilines is 1. The molecule has 27 heavy (non-hydrogen) atoms.